The van der Waals surface area contributed by atoms with Crippen molar-refractivity contribution in [2.24, 2.45) is 5.92 Å². The minimum absolute atomic E-state index is 0.256. The van der Waals surface area contributed by atoms with Gasteiger partial charge in [0.2, 0.25) is 5.95 Å². The first-order valence-electron chi connectivity index (χ1n) is 11.3. The smallest absolute Gasteiger partial charge is 0.224 e. The third kappa shape index (κ3) is 5.48. The number of hydrogen-bond acceptors (Lipinski definition) is 7. The van der Waals surface area contributed by atoms with Crippen LogP contribution in [0.4, 0.5) is 17.5 Å². The number of pyridine rings is 1. The van der Waals surface area contributed by atoms with Crippen LogP contribution in [-0.2, 0) is 4.74 Å². The van der Waals surface area contributed by atoms with Crippen molar-refractivity contribution in [3.8, 4) is 0 Å². The molecule has 3 aromatic rings. The number of methoxy groups -OCH3 is 1. The highest BCUT2D eigenvalue weighted by molar-refractivity contribution is 7.80. The van der Waals surface area contributed by atoms with Crippen molar-refractivity contribution >= 4 is 45.7 Å². The second-order valence-electron chi connectivity index (χ2n) is 8.41. The topological polar surface area (TPSA) is 78.4 Å². The highest BCUT2D eigenvalue weighted by Crippen LogP contribution is 2.25. The molecule has 1 fully saturated rings. The van der Waals surface area contributed by atoms with Crippen LogP contribution in [0, 0.1) is 5.92 Å². The predicted octanol–water partition coefficient (Wildman–Crippen LogP) is 3.63. The Morgan fingerprint density at radius 2 is 2.03 bits per heavy atom. The Balaban J connectivity index is 1.47. The number of benzene rings is 1. The summed E-state index contributed by atoms with van der Waals surface area (Å²) >= 11 is 5.88. The van der Waals surface area contributed by atoms with E-state index in [0.29, 0.717) is 25.0 Å². The van der Waals surface area contributed by atoms with Gasteiger partial charge in [-0.2, -0.15) is 4.98 Å². The van der Waals surface area contributed by atoms with Crippen molar-refractivity contribution in [2.75, 3.05) is 55.4 Å². The number of aromatic nitrogens is 3. The standard InChI is InChI=1S/C24H31N7OS/c1-17(2)21-16-30(22-9-11-26-23(29-22)27-12-15-32-3)13-14-31(21)24(33)28-20-8-4-7-19-18(20)6-5-10-25-19/h4-11,17,21H,12-16H2,1-3H3,(H,28,33)(H,26,27,29). The van der Waals surface area contributed by atoms with E-state index < -0.39 is 0 Å². The zero-order chi connectivity index (χ0) is 23.2. The number of thiocarbonyl (C=S) groups is 1. The Bertz CT molecular complexity index is 1090. The molecule has 3 heterocycles. The molecular weight excluding hydrogens is 434 g/mol. The number of rotatable bonds is 7. The molecule has 0 radical (unpaired) electrons. The molecular formula is C24H31N7OS. The first kappa shape index (κ1) is 23.1. The maximum Gasteiger partial charge on any atom is 0.224 e. The van der Waals surface area contributed by atoms with Gasteiger partial charge >= 0.3 is 0 Å². The number of ether oxygens (including phenoxy) is 1. The molecule has 0 bridgehead atoms. The Labute approximate surface area is 200 Å². The van der Waals surface area contributed by atoms with Crippen molar-refractivity contribution in [1.82, 2.24) is 19.9 Å². The Morgan fingerprint density at radius 1 is 1.15 bits per heavy atom. The van der Waals surface area contributed by atoms with Crippen LogP contribution in [0.5, 0.6) is 0 Å². The number of fused-ring (bicyclic) bond motifs is 1. The Morgan fingerprint density at radius 3 is 2.85 bits per heavy atom. The number of anilines is 3. The van der Waals surface area contributed by atoms with E-state index in [0.717, 1.165) is 47.2 Å². The molecule has 2 N–H and O–H groups in total. The minimum atomic E-state index is 0.256. The van der Waals surface area contributed by atoms with E-state index in [1.54, 1.807) is 13.3 Å². The van der Waals surface area contributed by atoms with Crippen molar-refractivity contribution in [3.63, 3.8) is 0 Å². The van der Waals surface area contributed by atoms with Crippen molar-refractivity contribution in [1.29, 1.82) is 0 Å². The number of nitrogens with zero attached hydrogens (tertiary/aromatic N) is 5. The summed E-state index contributed by atoms with van der Waals surface area (Å²) in [5.74, 6) is 1.96. The lowest BCUT2D eigenvalue weighted by Gasteiger charge is -2.45. The molecule has 9 heteroatoms. The minimum Gasteiger partial charge on any atom is -0.383 e. The lowest BCUT2D eigenvalue weighted by Crippen LogP contribution is -2.58. The summed E-state index contributed by atoms with van der Waals surface area (Å²) in [5, 5.41) is 8.50. The fourth-order valence-corrected chi connectivity index (χ4v) is 4.45. The van der Waals surface area contributed by atoms with Gasteiger partial charge in [-0.15, -0.1) is 0 Å². The molecule has 0 aliphatic carbocycles. The zero-order valence-electron chi connectivity index (χ0n) is 19.4. The summed E-state index contributed by atoms with van der Waals surface area (Å²) in [6, 6.07) is 12.3. The molecule has 0 spiro atoms. The van der Waals surface area contributed by atoms with Gasteiger partial charge in [-0.05, 0) is 48.5 Å². The van der Waals surface area contributed by atoms with Gasteiger partial charge in [-0.3, -0.25) is 4.98 Å². The van der Waals surface area contributed by atoms with Gasteiger partial charge in [0.1, 0.15) is 5.82 Å². The second kappa shape index (κ2) is 10.7. The van der Waals surface area contributed by atoms with E-state index in [2.05, 4.69) is 56.4 Å². The van der Waals surface area contributed by atoms with Gasteiger partial charge < -0.3 is 25.2 Å². The van der Waals surface area contributed by atoms with Crippen LogP contribution in [0.3, 0.4) is 0 Å². The molecule has 0 saturated carbocycles. The highest BCUT2D eigenvalue weighted by Gasteiger charge is 2.31. The summed E-state index contributed by atoms with van der Waals surface area (Å²) in [5.41, 5.74) is 1.94. The van der Waals surface area contributed by atoms with Crippen LogP contribution < -0.4 is 15.5 Å². The molecule has 1 atom stereocenters. The van der Waals surface area contributed by atoms with E-state index >= 15 is 0 Å². The Kier molecular flexibility index (Phi) is 7.51. The van der Waals surface area contributed by atoms with Gasteiger partial charge in [-0.1, -0.05) is 19.9 Å². The summed E-state index contributed by atoms with van der Waals surface area (Å²) < 4.78 is 5.10. The zero-order valence-corrected chi connectivity index (χ0v) is 20.2. The molecule has 2 aromatic heterocycles. The Hall–Kier alpha value is -3.04. The van der Waals surface area contributed by atoms with E-state index in [1.165, 1.54) is 0 Å². The van der Waals surface area contributed by atoms with E-state index in [9.17, 15) is 0 Å². The monoisotopic (exact) mass is 465 g/mol. The molecule has 4 rings (SSSR count). The molecule has 1 aromatic carbocycles. The maximum absolute atomic E-state index is 5.88. The first-order valence-corrected chi connectivity index (χ1v) is 11.7. The molecule has 8 nitrogen and oxygen atoms in total. The van der Waals surface area contributed by atoms with Gasteiger partial charge in [-0.25, -0.2) is 4.98 Å². The SMILES string of the molecule is COCCNc1nccc(N2CCN(C(=S)Nc3cccc4ncccc34)C(C(C)C)C2)n1. The molecule has 0 amide bonds. The molecule has 1 unspecified atom stereocenters. The average molecular weight is 466 g/mol. The van der Waals surface area contributed by atoms with E-state index in [-0.39, 0.29) is 6.04 Å². The summed E-state index contributed by atoms with van der Waals surface area (Å²) in [6.07, 6.45) is 3.61. The van der Waals surface area contributed by atoms with Gasteiger partial charge in [0, 0.05) is 56.8 Å². The largest absolute Gasteiger partial charge is 0.383 e. The van der Waals surface area contributed by atoms with Crippen LogP contribution >= 0.6 is 12.2 Å². The van der Waals surface area contributed by atoms with Gasteiger partial charge in [0.05, 0.1) is 18.2 Å². The lowest BCUT2D eigenvalue weighted by molar-refractivity contribution is 0.210. The fourth-order valence-electron chi connectivity index (χ4n) is 4.12. The summed E-state index contributed by atoms with van der Waals surface area (Å²) in [7, 11) is 1.68. The van der Waals surface area contributed by atoms with Crippen LogP contribution in [0.2, 0.25) is 0 Å². The maximum atomic E-state index is 5.88. The molecule has 174 valence electrons. The third-order valence-electron chi connectivity index (χ3n) is 5.89. The van der Waals surface area contributed by atoms with E-state index in [1.807, 2.05) is 30.5 Å². The quantitative estimate of drug-likeness (QED) is 0.402. The molecule has 1 saturated heterocycles. The summed E-state index contributed by atoms with van der Waals surface area (Å²) in [4.78, 5) is 18.1. The van der Waals surface area contributed by atoms with Crippen molar-refractivity contribution in [3.05, 3.63) is 48.8 Å². The van der Waals surface area contributed by atoms with Crippen molar-refractivity contribution < 1.29 is 4.74 Å². The van der Waals surface area contributed by atoms with Crippen molar-refractivity contribution in [2.45, 2.75) is 19.9 Å². The number of hydrogen-bond donors (Lipinski definition) is 2. The van der Waals surface area contributed by atoms with Crippen LogP contribution in [-0.4, -0.2) is 70.9 Å². The number of piperazine rings is 1. The van der Waals surface area contributed by atoms with Crippen LogP contribution in [0.25, 0.3) is 10.9 Å². The van der Waals surface area contributed by atoms with Gasteiger partial charge in [0.25, 0.3) is 0 Å². The summed E-state index contributed by atoms with van der Waals surface area (Å²) in [6.45, 7) is 8.24. The lowest BCUT2D eigenvalue weighted by atomic mass is 10.00. The first-order chi connectivity index (χ1) is 16.1. The predicted molar refractivity (Wildman–Crippen MR) is 138 cm³/mol. The normalized spacial score (nSPS) is 16.3. The fraction of sp³-hybridized carbons (Fsp3) is 0.417. The van der Waals surface area contributed by atoms with E-state index in [4.69, 9.17) is 21.9 Å². The molecule has 1 aliphatic rings. The third-order valence-corrected chi connectivity index (χ3v) is 6.23. The van der Waals surface area contributed by atoms with Gasteiger partial charge in [0.15, 0.2) is 5.11 Å². The van der Waals surface area contributed by atoms with Crippen LogP contribution in [0.1, 0.15) is 13.8 Å². The highest BCUT2D eigenvalue weighted by atomic mass is 32.1. The molecule has 33 heavy (non-hydrogen) atoms. The second-order valence-corrected chi connectivity index (χ2v) is 8.80. The molecule has 1 aliphatic heterocycles. The number of nitrogens with one attached hydrogen (secondary N) is 2. The average Bonchev–Trinajstić information content (AvgIpc) is 2.84. The van der Waals surface area contributed by atoms with Crippen LogP contribution in [0.15, 0.2) is 48.8 Å².